The van der Waals surface area contributed by atoms with Gasteiger partial charge in [0.05, 0.1) is 0 Å². The molecule has 0 N–H and O–H groups in total. The molecule has 0 aromatic heterocycles. The monoisotopic (exact) mass is 531 g/mol. The van der Waals surface area contributed by atoms with Crippen LogP contribution < -0.4 is 24.8 Å². The number of rotatable bonds is 3. The normalized spacial score (nSPS) is 27.4. The van der Waals surface area contributed by atoms with E-state index in [4.69, 9.17) is 0 Å². The van der Waals surface area contributed by atoms with Gasteiger partial charge in [-0.1, -0.05) is 0 Å². The second-order valence-corrected chi connectivity index (χ2v) is 42.0. The third kappa shape index (κ3) is 4.12. The number of hydrogen-bond acceptors (Lipinski definition) is 0. The van der Waals surface area contributed by atoms with Gasteiger partial charge in [0, 0.05) is 0 Å². The molecule has 0 radical (unpaired) electrons. The van der Waals surface area contributed by atoms with E-state index in [0.717, 1.165) is 7.25 Å². The minimum atomic E-state index is -1.50. The summed E-state index contributed by atoms with van der Waals surface area (Å²) in [4.78, 5) is 0. The van der Waals surface area contributed by atoms with Crippen LogP contribution in [0.3, 0.4) is 0 Å². The zero-order valence-corrected chi connectivity index (χ0v) is 23.2. The number of allylic oxidation sites excluding steroid dienone is 8. The predicted molar refractivity (Wildman–Crippen MR) is 105 cm³/mol. The van der Waals surface area contributed by atoms with E-state index in [1.807, 2.05) is 11.1 Å². The SMILES string of the molecule is CC1=CC2=C(CCCC2)[CH]1[Zr+2]([CH]1C(C)=CC2=C1CCCC2)[GeH]([CH3])[CH3].[Cl-].[Cl-]. The summed E-state index contributed by atoms with van der Waals surface area (Å²) < 4.78 is 2.01. The molecule has 2 unspecified atom stereocenters. The maximum atomic E-state index is 2.76. The average Bonchev–Trinajstić information content (AvgIpc) is 3.05. The molecular weight excluding hydrogens is 499 g/mol. The number of hydrogen-bond donors (Lipinski definition) is 0. The van der Waals surface area contributed by atoms with Gasteiger partial charge in [0.25, 0.3) is 0 Å². The molecular formula is C22H33Cl2GeZr. The maximum absolute atomic E-state index is 2.76. The second kappa shape index (κ2) is 9.64. The van der Waals surface area contributed by atoms with Crippen molar-refractivity contribution in [3.8, 4) is 0 Å². The first-order chi connectivity index (χ1) is 11.6. The van der Waals surface area contributed by atoms with Crippen LogP contribution >= 0.6 is 0 Å². The van der Waals surface area contributed by atoms with E-state index in [0.29, 0.717) is 0 Å². The molecule has 0 aliphatic heterocycles. The zero-order valence-electron chi connectivity index (χ0n) is 16.8. The first-order valence-electron chi connectivity index (χ1n) is 10.2. The molecule has 0 saturated carbocycles. The first-order valence-corrected chi connectivity index (χ1v) is 26.5. The Bertz CT molecular complexity index is 618. The summed E-state index contributed by atoms with van der Waals surface area (Å²) in [6.45, 7) is 5.00. The van der Waals surface area contributed by atoms with E-state index >= 15 is 0 Å². The molecule has 4 heteroatoms. The zero-order chi connectivity index (χ0) is 16.8. The molecule has 143 valence electrons. The van der Waals surface area contributed by atoms with Crippen molar-refractivity contribution in [1.82, 2.24) is 0 Å². The second-order valence-electron chi connectivity index (χ2n) is 8.81. The standard InChI is InChI=1S/2C10H13.C2H7Ge.2ClH.Zr/c2*1-8-6-9-4-2-3-5-10(9)7-8;1-3-2;;;/h2*6-7H,2-5H2,1H3;3H,1-2H3;2*1H;/q;;;;;+2/p-2. The van der Waals surface area contributed by atoms with Gasteiger partial charge in [-0.2, -0.15) is 0 Å². The molecule has 4 aliphatic carbocycles. The third-order valence-corrected chi connectivity index (χ3v) is 42.2. The Balaban J connectivity index is 0.00000121. The summed E-state index contributed by atoms with van der Waals surface area (Å²) >= 11 is -1.50. The van der Waals surface area contributed by atoms with Crippen molar-refractivity contribution in [2.75, 3.05) is 0 Å². The van der Waals surface area contributed by atoms with E-state index in [1.165, 1.54) is 51.4 Å². The van der Waals surface area contributed by atoms with Crippen LogP contribution in [-0.2, 0) is 19.2 Å². The molecule has 2 atom stereocenters. The van der Waals surface area contributed by atoms with Crippen molar-refractivity contribution in [1.29, 1.82) is 0 Å². The summed E-state index contributed by atoms with van der Waals surface area (Å²) in [5, 5.41) is 0. The van der Waals surface area contributed by atoms with Crippen LogP contribution in [0.4, 0.5) is 0 Å². The van der Waals surface area contributed by atoms with E-state index < -0.39 is 29.8 Å². The molecule has 0 saturated heterocycles. The molecule has 0 aromatic rings. The van der Waals surface area contributed by atoms with Crippen molar-refractivity contribution in [3.05, 3.63) is 45.6 Å². The number of halogens is 2. The molecule has 0 nitrogen and oxygen atoms in total. The topological polar surface area (TPSA) is 0 Å². The Hall–Kier alpha value is 0.966. The first kappa shape index (κ1) is 23.2. The van der Waals surface area contributed by atoms with E-state index in [9.17, 15) is 0 Å². The fourth-order valence-corrected chi connectivity index (χ4v) is 44.7. The summed E-state index contributed by atoms with van der Waals surface area (Å²) in [5.74, 6) is 5.51. The summed E-state index contributed by atoms with van der Waals surface area (Å²) in [6.07, 6.45) is 16.8. The summed E-state index contributed by atoms with van der Waals surface area (Å²) in [7, 11) is -1.08. The largest absolute Gasteiger partial charge is 1.00 e. The molecule has 0 aromatic carbocycles. The van der Waals surface area contributed by atoms with Gasteiger partial charge in [0.2, 0.25) is 0 Å². The van der Waals surface area contributed by atoms with Gasteiger partial charge in [0.15, 0.2) is 0 Å². The third-order valence-electron chi connectivity index (χ3n) is 6.85. The van der Waals surface area contributed by atoms with Crippen LogP contribution in [0.2, 0.25) is 18.8 Å². The molecule has 26 heavy (non-hydrogen) atoms. The molecule has 0 amide bonds. The van der Waals surface area contributed by atoms with E-state index in [-0.39, 0.29) is 24.8 Å². The Kier molecular flexibility index (Phi) is 8.62. The van der Waals surface area contributed by atoms with Crippen LogP contribution in [0.5, 0.6) is 0 Å². The Morgan fingerprint density at radius 2 is 1.12 bits per heavy atom. The van der Waals surface area contributed by atoms with Crippen molar-refractivity contribution in [2.24, 2.45) is 0 Å². The fourth-order valence-electron chi connectivity index (χ4n) is 5.92. The summed E-state index contributed by atoms with van der Waals surface area (Å²) in [5.41, 5.74) is 11.1. The average molecular weight is 532 g/mol. The molecule has 0 fully saturated rings. The minimum absolute atomic E-state index is 0. The van der Waals surface area contributed by atoms with Crippen LogP contribution in [0.15, 0.2) is 45.6 Å². The Labute approximate surface area is 182 Å². The van der Waals surface area contributed by atoms with Crippen molar-refractivity contribution >= 4 is 10.6 Å². The van der Waals surface area contributed by atoms with Crippen LogP contribution in [0, 0.1) is 0 Å². The maximum Gasteiger partial charge on any atom is -1.00 e. The van der Waals surface area contributed by atoms with Crippen molar-refractivity contribution < 1.29 is 44.1 Å². The van der Waals surface area contributed by atoms with Gasteiger partial charge in [-0.15, -0.1) is 0 Å². The summed E-state index contributed by atoms with van der Waals surface area (Å²) in [6, 6.07) is 0. The molecule has 4 aliphatic rings. The molecule has 4 rings (SSSR count). The Morgan fingerprint density at radius 1 is 0.731 bits per heavy atom. The van der Waals surface area contributed by atoms with Gasteiger partial charge in [-0.05, 0) is 0 Å². The Morgan fingerprint density at radius 3 is 1.50 bits per heavy atom. The van der Waals surface area contributed by atoms with Crippen LogP contribution in [0.25, 0.3) is 0 Å². The van der Waals surface area contributed by atoms with E-state index in [1.54, 1.807) is 22.3 Å². The smallest absolute Gasteiger partial charge is 1.00 e. The fraction of sp³-hybridized carbons (Fsp3) is 0.636. The van der Waals surface area contributed by atoms with Gasteiger partial charge < -0.3 is 24.8 Å². The minimum Gasteiger partial charge on any atom is -1.00 e. The van der Waals surface area contributed by atoms with Gasteiger partial charge in [-0.3, -0.25) is 0 Å². The van der Waals surface area contributed by atoms with Gasteiger partial charge in [-0.25, -0.2) is 0 Å². The molecule has 0 bridgehead atoms. The van der Waals surface area contributed by atoms with E-state index in [2.05, 4.69) is 37.5 Å². The van der Waals surface area contributed by atoms with Crippen molar-refractivity contribution in [2.45, 2.75) is 84.0 Å². The quantitative estimate of drug-likeness (QED) is 0.473. The molecule has 0 heterocycles. The predicted octanol–water partition coefficient (Wildman–Crippen LogP) is 0.834. The van der Waals surface area contributed by atoms with Crippen LogP contribution in [0.1, 0.15) is 65.2 Å². The van der Waals surface area contributed by atoms with Gasteiger partial charge >= 0.3 is 159 Å². The molecule has 0 spiro atoms. The van der Waals surface area contributed by atoms with Gasteiger partial charge in [0.1, 0.15) is 0 Å². The van der Waals surface area contributed by atoms with Crippen LogP contribution in [-0.4, -0.2) is 10.6 Å². The van der Waals surface area contributed by atoms with Crippen molar-refractivity contribution in [3.63, 3.8) is 0 Å².